The highest BCUT2D eigenvalue weighted by molar-refractivity contribution is 5.74. The van der Waals surface area contributed by atoms with Gasteiger partial charge in [0.25, 0.3) is 0 Å². The van der Waals surface area contributed by atoms with Crippen molar-refractivity contribution < 1.29 is 13.9 Å². The molecule has 0 aromatic heterocycles. The predicted octanol–water partition coefficient (Wildman–Crippen LogP) is 2.87. The molecule has 2 aromatic rings. The number of nitrogens with one attached hydrogen (secondary N) is 1. The molecule has 0 spiro atoms. The lowest BCUT2D eigenvalue weighted by Gasteiger charge is -2.36. The van der Waals surface area contributed by atoms with E-state index in [0.29, 0.717) is 18.7 Å². The van der Waals surface area contributed by atoms with Crippen molar-refractivity contribution in [3.63, 3.8) is 0 Å². The van der Waals surface area contributed by atoms with Crippen LogP contribution >= 0.6 is 0 Å². The number of piperazine rings is 1. The van der Waals surface area contributed by atoms with Gasteiger partial charge in [-0.3, -0.25) is 0 Å². The maximum Gasteiger partial charge on any atom is 0.317 e. The highest BCUT2D eigenvalue weighted by Gasteiger charge is 2.22. The van der Waals surface area contributed by atoms with Crippen molar-refractivity contribution in [2.75, 3.05) is 38.2 Å². The van der Waals surface area contributed by atoms with E-state index >= 15 is 0 Å². The summed E-state index contributed by atoms with van der Waals surface area (Å²) in [5.74, 6) is 0.531. The topological polar surface area (TPSA) is 44.8 Å². The van der Waals surface area contributed by atoms with E-state index in [4.69, 9.17) is 4.74 Å². The standard InChI is InChI=1S/C19H22FN3O2/c1-25-18-9-5-4-8-17(18)22-10-12-23(13-11-22)19(24)21-14-15-6-2-3-7-16(15)20/h2-9H,10-14H2,1H3,(H,21,24). The summed E-state index contributed by atoms with van der Waals surface area (Å²) in [5.41, 5.74) is 1.53. The quantitative estimate of drug-likeness (QED) is 0.928. The zero-order valence-electron chi connectivity index (χ0n) is 14.2. The van der Waals surface area contributed by atoms with Crippen LogP contribution in [-0.2, 0) is 6.54 Å². The molecule has 0 atom stereocenters. The number of ether oxygens (including phenoxy) is 1. The maximum atomic E-state index is 13.6. The van der Waals surface area contributed by atoms with Gasteiger partial charge in [-0.15, -0.1) is 0 Å². The molecular weight excluding hydrogens is 321 g/mol. The van der Waals surface area contributed by atoms with Gasteiger partial charge in [-0.2, -0.15) is 0 Å². The van der Waals surface area contributed by atoms with Crippen LogP contribution in [0, 0.1) is 5.82 Å². The van der Waals surface area contributed by atoms with Crippen molar-refractivity contribution in [2.45, 2.75) is 6.54 Å². The van der Waals surface area contributed by atoms with E-state index in [0.717, 1.165) is 24.5 Å². The summed E-state index contributed by atoms with van der Waals surface area (Å²) < 4.78 is 19.0. The molecule has 0 aliphatic carbocycles. The molecule has 1 aliphatic rings. The molecule has 132 valence electrons. The van der Waals surface area contributed by atoms with Gasteiger partial charge in [0.2, 0.25) is 0 Å². The van der Waals surface area contributed by atoms with Crippen LogP contribution in [0.4, 0.5) is 14.9 Å². The molecule has 1 N–H and O–H groups in total. The number of anilines is 1. The van der Waals surface area contributed by atoms with Crippen LogP contribution in [0.25, 0.3) is 0 Å². The van der Waals surface area contributed by atoms with E-state index < -0.39 is 0 Å². The first-order chi connectivity index (χ1) is 12.2. The SMILES string of the molecule is COc1ccccc1N1CCN(C(=O)NCc2ccccc2F)CC1. The number of rotatable bonds is 4. The van der Waals surface area contributed by atoms with Crippen LogP contribution in [0.2, 0.25) is 0 Å². The van der Waals surface area contributed by atoms with Crippen molar-refractivity contribution in [1.82, 2.24) is 10.2 Å². The number of methoxy groups -OCH3 is 1. The number of carbonyl (C=O) groups is 1. The molecular formula is C19H22FN3O2. The number of nitrogens with zero attached hydrogens (tertiary/aromatic N) is 2. The van der Waals surface area contributed by atoms with Crippen LogP contribution in [0.15, 0.2) is 48.5 Å². The first-order valence-electron chi connectivity index (χ1n) is 8.33. The summed E-state index contributed by atoms with van der Waals surface area (Å²) in [6.07, 6.45) is 0. The molecule has 1 heterocycles. The second-order valence-electron chi connectivity index (χ2n) is 5.90. The Balaban J connectivity index is 1.53. The Morgan fingerprint density at radius 3 is 2.48 bits per heavy atom. The molecule has 0 radical (unpaired) electrons. The lowest BCUT2D eigenvalue weighted by atomic mass is 10.2. The van der Waals surface area contributed by atoms with Gasteiger partial charge < -0.3 is 19.9 Å². The number of amides is 2. The van der Waals surface area contributed by atoms with Crippen LogP contribution in [-0.4, -0.2) is 44.2 Å². The van der Waals surface area contributed by atoms with E-state index in [-0.39, 0.29) is 18.4 Å². The number of para-hydroxylation sites is 2. The van der Waals surface area contributed by atoms with E-state index in [1.807, 2.05) is 24.3 Å². The Morgan fingerprint density at radius 2 is 1.76 bits per heavy atom. The van der Waals surface area contributed by atoms with Gasteiger partial charge in [-0.05, 0) is 18.2 Å². The number of hydrogen-bond donors (Lipinski definition) is 1. The molecule has 5 nitrogen and oxygen atoms in total. The van der Waals surface area contributed by atoms with Crippen LogP contribution in [0.5, 0.6) is 5.75 Å². The van der Waals surface area contributed by atoms with Crippen LogP contribution in [0.3, 0.4) is 0 Å². The highest BCUT2D eigenvalue weighted by Crippen LogP contribution is 2.28. The van der Waals surface area contributed by atoms with Crippen LogP contribution in [0.1, 0.15) is 5.56 Å². The summed E-state index contributed by atoms with van der Waals surface area (Å²) >= 11 is 0. The average molecular weight is 343 g/mol. The third-order valence-corrected chi connectivity index (χ3v) is 4.38. The van der Waals surface area contributed by atoms with Gasteiger partial charge >= 0.3 is 6.03 Å². The molecule has 1 fully saturated rings. The van der Waals surface area contributed by atoms with E-state index in [9.17, 15) is 9.18 Å². The van der Waals surface area contributed by atoms with Gasteiger partial charge in [-0.25, -0.2) is 9.18 Å². The first-order valence-corrected chi connectivity index (χ1v) is 8.33. The van der Waals surface area contributed by atoms with Gasteiger partial charge in [-0.1, -0.05) is 30.3 Å². The second kappa shape index (κ2) is 7.88. The van der Waals surface area contributed by atoms with Crippen molar-refractivity contribution in [3.05, 3.63) is 59.9 Å². The molecule has 2 amide bonds. The minimum atomic E-state index is -0.302. The molecule has 0 bridgehead atoms. The lowest BCUT2D eigenvalue weighted by Crippen LogP contribution is -2.51. The fraction of sp³-hybridized carbons (Fsp3) is 0.316. The smallest absolute Gasteiger partial charge is 0.317 e. The number of hydrogen-bond acceptors (Lipinski definition) is 3. The summed E-state index contributed by atoms with van der Waals surface area (Å²) in [6, 6.07) is 14.2. The van der Waals surface area contributed by atoms with Gasteiger partial charge in [0.1, 0.15) is 11.6 Å². The molecule has 0 unspecified atom stereocenters. The van der Waals surface area contributed by atoms with Crippen molar-refractivity contribution >= 4 is 11.7 Å². The first kappa shape index (κ1) is 17.1. The molecule has 2 aromatic carbocycles. The molecule has 25 heavy (non-hydrogen) atoms. The predicted molar refractivity (Wildman–Crippen MR) is 95.4 cm³/mol. The zero-order valence-corrected chi connectivity index (χ0v) is 14.2. The Kier molecular flexibility index (Phi) is 5.38. The fourth-order valence-electron chi connectivity index (χ4n) is 2.97. The molecule has 6 heteroatoms. The summed E-state index contributed by atoms with van der Waals surface area (Å²) in [5, 5.41) is 2.79. The number of urea groups is 1. The normalized spacial score (nSPS) is 14.3. The number of carbonyl (C=O) groups excluding carboxylic acids is 1. The van der Waals surface area contributed by atoms with Gasteiger partial charge in [0.05, 0.1) is 12.8 Å². The average Bonchev–Trinajstić information content (AvgIpc) is 2.67. The van der Waals surface area contributed by atoms with Crippen molar-refractivity contribution in [3.8, 4) is 5.75 Å². The summed E-state index contributed by atoms with van der Waals surface area (Å²) in [6.45, 7) is 2.88. The van der Waals surface area contributed by atoms with E-state index in [1.165, 1.54) is 6.07 Å². The minimum Gasteiger partial charge on any atom is -0.495 e. The highest BCUT2D eigenvalue weighted by atomic mass is 19.1. The van der Waals surface area contributed by atoms with Crippen molar-refractivity contribution in [1.29, 1.82) is 0 Å². The van der Waals surface area contributed by atoms with Crippen LogP contribution < -0.4 is 15.0 Å². The number of benzene rings is 2. The third-order valence-electron chi connectivity index (χ3n) is 4.38. The zero-order chi connectivity index (χ0) is 17.6. The maximum absolute atomic E-state index is 13.6. The summed E-state index contributed by atoms with van der Waals surface area (Å²) in [7, 11) is 1.66. The monoisotopic (exact) mass is 343 g/mol. The fourth-order valence-corrected chi connectivity index (χ4v) is 2.97. The van der Waals surface area contributed by atoms with Gasteiger partial charge in [0.15, 0.2) is 0 Å². The van der Waals surface area contributed by atoms with Crippen molar-refractivity contribution in [2.24, 2.45) is 0 Å². The minimum absolute atomic E-state index is 0.164. The molecule has 0 saturated carbocycles. The number of halogens is 1. The molecule has 3 rings (SSSR count). The van der Waals surface area contributed by atoms with Gasteiger partial charge in [0, 0.05) is 38.3 Å². The van der Waals surface area contributed by atoms with E-state index in [2.05, 4.69) is 10.2 Å². The van der Waals surface area contributed by atoms with E-state index in [1.54, 1.807) is 30.2 Å². The third kappa shape index (κ3) is 4.02. The Bertz CT molecular complexity index is 730. The second-order valence-corrected chi connectivity index (χ2v) is 5.90. The lowest BCUT2D eigenvalue weighted by molar-refractivity contribution is 0.193. The Labute approximate surface area is 147 Å². The summed E-state index contributed by atoms with van der Waals surface area (Å²) in [4.78, 5) is 16.3. The Morgan fingerprint density at radius 1 is 1.08 bits per heavy atom. The molecule has 1 saturated heterocycles. The molecule has 1 aliphatic heterocycles. The Hall–Kier alpha value is -2.76. The largest absolute Gasteiger partial charge is 0.495 e.